The fourth-order valence-electron chi connectivity index (χ4n) is 0.834. The largest absolute Gasteiger partial charge is 0.496 e. The van der Waals surface area contributed by atoms with E-state index in [9.17, 15) is 4.39 Å². The van der Waals surface area contributed by atoms with Gasteiger partial charge in [-0.15, -0.1) is 0 Å². The van der Waals surface area contributed by atoms with E-state index < -0.39 is 0 Å². The minimum Gasteiger partial charge on any atom is -0.496 e. The predicted octanol–water partition coefficient (Wildman–Crippen LogP) is 2.91. The molecule has 0 aliphatic heterocycles. The molecule has 1 nitrogen and oxygen atoms in total. The van der Waals surface area contributed by atoms with Crippen molar-refractivity contribution in [1.82, 2.24) is 0 Å². The van der Waals surface area contributed by atoms with Crippen molar-refractivity contribution in [3.05, 3.63) is 28.0 Å². The monoisotopic (exact) mass is 218 g/mol. The number of halogens is 2. The van der Waals surface area contributed by atoms with Gasteiger partial charge in [-0.05, 0) is 19.1 Å². The molecule has 60 valence electrons. The molecular formula is C8H8BrFO. The molecule has 0 saturated carbocycles. The molecule has 1 aromatic rings. The van der Waals surface area contributed by atoms with Gasteiger partial charge < -0.3 is 4.74 Å². The van der Waals surface area contributed by atoms with Gasteiger partial charge in [0.15, 0.2) is 0 Å². The Kier molecular flexibility index (Phi) is 2.49. The maximum atomic E-state index is 12.9. The van der Waals surface area contributed by atoms with Gasteiger partial charge in [0.1, 0.15) is 11.6 Å². The Morgan fingerprint density at radius 3 is 2.64 bits per heavy atom. The second kappa shape index (κ2) is 3.22. The molecule has 0 radical (unpaired) electrons. The van der Waals surface area contributed by atoms with Crippen molar-refractivity contribution in [3.8, 4) is 5.75 Å². The first kappa shape index (κ1) is 8.53. The first-order valence-corrected chi connectivity index (χ1v) is 3.94. The fraction of sp³-hybridized carbons (Fsp3) is 0.250. The van der Waals surface area contributed by atoms with Crippen molar-refractivity contribution in [2.24, 2.45) is 0 Å². The zero-order valence-corrected chi connectivity index (χ0v) is 7.90. The Morgan fingerprint density at radius 1 is 1.45 bits per heavy atom. The molecule has 0 bridgehead atoms. The summed E-state index contributed by atoms with van der Waals surface area (Å²) in [4.78, 5) is 0. The minimum atomic E-state index is -0.253. The Balaban J connectivity index is 3.24. The van der Waals surface area contributed by atoms with Gasteiger partial charge in [0, 0.05) is 10.0 Å². The highest BCUT2D eigenvalue weighted by Crippen LogP contribution is 2.25. The van der Waals surface area contributed by atoms with Crippen LogP contribution in [0.25, 0.3) is 0 Å². The summed E-state index contributed by atoms with van der Waals surface area (Å²) in [6, 6.07) is 3.15. The molecule has 0 heterocycles. The van der Waals surface area contributed by atoms with E-state index in [0.717, 1.165) is 0 Å². The lowest BCUT2D eigenvalue weighted by atomic mass is 10.2. The number of methoxy groups -OCH3 is 1. The van der Waals surface area contributed by atoms with E-state index in [2.05, 4.69) is 15.9 Å². The molecule has 0 amide bonds. The summed E-state index contributed by atoms with van der Waals surface area (Å²) in [7, 11) is 1.52. The molecule has 3 heteroatoms. The van der Waals surface area contributed by atoms with Gasteiger partial charge in [-0.3, -0.25) is 0 Å². The lowest BCUT2D eigenvalue weighted by Gasteiger charge is -2.05. The van der Waals surface area contributed by atoms with Gasteiger partial charge in [-0.2, -0.15) is 0 Å². The highest BCUT2D eigenvalue weighted by molar-refractivity contribution is 9.10. The second-order valence-corrected chi connectivity index (χ2v) is 3.13. The van der Waals surface area contributed by atoms with E-state index in [1.165, 1.54) is 13.2 Å². The molecule has 0 saturated heterocycles. The van der Waals surface area contributed by atoms with E-state index in [-0.39, 0.29) is 5.82 Å². The smallest absolute Gasteiger partial charge is 0.130 e. The van der Waals surface area contributed by atoms with Gasteiger partial charge in [0.05, 0.1) is 7.11 Å². The van der Waals surface area contributed by atoms with Gasteiger partial charge in [0.2, 0.25) is 0 Å². The standard InChI is InChI=1S/C8H8BrFO/c1-5-7(10)3-6(9)4-8(5)11-2/h3-4H,1-2H3. The van der Waals surface area contributed by atoms with E-state index in [1.807, 2.05) is 0 Å². The minimum absolute atomic E-state index is 0.253. The van der Waals surface area contributed by atoms with Crippen molar-refractivity contribution < 1.29 is 9.13 Å². The molecule has 0 unspecified atom stereocenters. The summed E-state index contributed by atoms with van der Waals surface area (Å²) < 4.78 is 18.5. The Morgan fingerprint density at radius 2 is 2.09 bits per heavy atom. The van der Waals surface area contributed by atoms with Crippen LogP contribution >= 0.6 is 15.9 Å². The van der Waals surface area contributed by atoms with Crippen LogP contribution in [0.3, 0.4) is 0 Å². The Bertz CT molecular complexity index is 273. The van der Waals surface area contributed by atoms with Crippen LogP contribution in [0.15, 0.2) is 16.6 Å². The van der Waals surface area contributed by atoms with Crippen LogP contribution in [0.2, 0.25) is 0 Å². The van der Waals surface area contributed by atoms with Crippen molar-refractivity contribution >= 4 is 15.9 Å². The normalized spacial score (nSPS) is 9.82. The van der Waals surface area contributed by atoms with Crippen LogP contribution in [-0.4, -0.2) is 7.11 Å². The third-order valence-electron chi connectivity index (χ3n) is 1.48. The molecule has 0 N–H and O–H groups in total. The molecule has 0 aromatic heterocycles. The summed E-state index contributed by atoms with van der Waals surface area (Å²) >= 11 is 3.17. The van der Waals surface area contributed by atoms with Crippen LogP contribution < -0.4 is 4.74 Å². The molecule has 1 aromatic carbocycles. The second-order valence-electron chi connectivity index (χ2n) is 2.21. The average Bonchev–Trinajstić information content (AvgIpc) is 1.96. The third-order valence-corrected chi connectivity index (χ3v) is 1.94. The third kappa shape index (κ3) is 1.71. The van der Waals surface area contributed by atoms with Crippen LogP contribution in [0, 0.1) is 12.7 Å². The molecular weight excluding hydrogens is 211 g/mol. The van der Waals surface area contributed by atoms with Crippen LogP contribution in [-0.2, 0) is 0 Å². The van der Waals surface area contributed by atoms with E-state index in [1.54, 1.807) is 13.0 Å². The molecule has 0 atom stereocenters. The van der Waals surface area contributed by atoms with Gasteiger partial charge in [-0.25, -0.2) is 4.39 Å². The lowest BCUT2D eigenvalue weighted by molar-refractivity contribution is 0.407. The number of hydrogen-bond acceptors (Lipinski definition) is 1. The maximum absolute atomic E-state index is 12.9. The van der Waals surface area contributed by atoms with Gasteiger partial charge >= 0.3 is 0 Å². The van der Waals surface area contributed by atoms with Crippen LogP contribution in [0.1, 0.15) is 5.56 Å². The summed E-state index contributed by atoms with van der Waals surface area (Å²) in [5, 5.41) is 0. The van der Waals surface area contributed by atoms with Crippen molar-refractivity contribution in [1.29, 1.82) is 0 Å². The van der Waals surface area contributed by atoms with Crippen LogP contribution in [0.4, 0.5) is 4.39 Å². The van der Waals surface area contributed by atoms with E-state index in [4.69, 9.17) is 4.74 Å². The molecule has 0 spiro atoms. The quantitative estimate of drug-likeness (QED) is 0.705. The van der Waals surface area contributed by atoms with E-state index in [0.29, 0.717) is 15.8 Å². The van der Waals surface area contributed by atoms with Gasteiger partial charge in [0.25, 0.3) is 0 Å². The average molecular weight is 219 g/mol. The van der Waals surface area contributed by atoms with Crippen molar-refractivity contribution in [2.75, 3.05) is 7.11 Å². The van der Waals surface area contributed by atoms with E-state index >= 15 is 0 Å². The molecule has 0 aliphatic carbocycles. The highest BCUT2D eigenvalue weighted by atomic mass is 79.9. The Hall–Kier alpha value is -0.570. The number of ether oxygens (including phenoxy) is 1. The first-order chi connectivity index (χ1) is 5.15. The number of rotatable bonds is 1. The van der Waals surface area contributed by atoms with Crippen LogP contribution in [0.5, 0.6) is 5.75 Å². The summed E-state index contributed by atoms with van der Waals surface area (Å²) in [5.74, 6) is 0.313. The molecule has 0 aliphatic rings. The zero-order valence-electron chi connectivity index (χ0n) is 6.32. The molecule has 11 heavy (non-hydrogen) atoms. The highest BCUT2D eigenvalue weighted by Gasteiger charge is 2.04. The van der Waals surface area contributed by atoms with Crippen molar-refractivity contribution in [2.45, 2.75) is 6.92 Å². The molecule has 1 rings (SSSR count). The number of benzene rings is 1. The van der Waals surface area contributed by atoms with Gasteiger partial charge in [-0.1, -0.05) is 15.9 Å². The summed E-state index contributed by atoms with van der Waals surface area (Å²) in [6.07, 6.45) is 0. The topological polar surface area (TPSA) is 9.23 Å². The zero-order chi connectivity index (χ0) is 8.43. The summed E-state index contributed by atoms with van der Waals surface area (Å²) in [6.45, 7) is 1.68. The fourth-order valence-corrected chi connectivity index (χ4v) is 1.24. The molecule has 0 fully saturated rings. The summed E-state index contributed by atoms with van der Waals surface area (Å²) in [5.41, 5.74) is 0.538. The van der Waals surface area contributed by atoms with Crippen molar-refractivity contribution in [3.63, 3.8) is 0 Å². The first-order valence-electron chi connectivity index (χ1n) is 3.15. The number of hydrogen-bond donors (Lipinski definition) is 0. The maximum Gasteiger partial charge on any atom is 0.130 e. The lowest BCUT2D eigenvalue weighted by Crippen LogP contribution is -1.90. The SMILES string of the molecule is COc1cc(Br)cc(F)c1C. The Labute approximate surface area is 73.3 Å². The predicted molar refractivity (Wildman–Crippen MR) is 45.4 cm³/mol.